The average Bonchev–Trinajstić information content (AvgIpc) is 3.48. The molecule has 0 atom stereocenters. The van der Waals surface area contributed by atoms with Gasteiger partial charge in [-0.15, -0.1) is 11.3 Å². The van der Waals surface area contributed by atoms with Crippen LogP contribution in [0.3, 0.4) is 0 Å². The highest BCUT2D eigenvalue weighted by Gasteiger charge is 2.37. The average molecular weight is 416 g/mol. The van der Waals surface area contributed by atoms with Crippen molar-refractivity contribution >= 4 is 17.4 Å². The number of H-pyrrole nitrogens is 1. The first-order chi connectivity index (χ1) is 14.7. The fraction of sp³-hybridized carbons (Fsp3) is 0.167. The minimum absolute atomic E-state index is 0.373. The fourth-order valence-corrected chi connectivity index (χ4v) is 4.69. The Bertz CT molecular complexity index is 1160. The molecule has 0 bridgehead atoms. The molecule has 0 radical (unpaired) electrons. The van der Waals surface area contributed by atoms with Crippen molar-refractivity contribution in [1.29, 1.82) is 0 Å². The minimum atomic E-state index is -0.373. The molecule has 0 aliphatic heterocycles. The van der Waals surface area contributed by atoms with Crippen LogP contribution in [0, 0.1) is 0 Å². The maximum atomic E-state index is 5.52. The van der Waals surface area contributed by atoms with Crippen LogP contribution in [0.15, 0.2) is 65.5 Å². The third-order valence-electron chi connectivity index (χ3n) is 5.72. The van der Waals surface area contributed by atoms with Gasteiger partial charge in [-0.1, -0.05) is 36.4 Å². The van der Waals surface area contributed by atoms with Gasteiger partial charge in [0.15, 0.2) is 0 Å². The van der Waals surface area contributed by atoms with Crippen molar-refractivity contribution in [1.82, 2.24) is 15.2 Å². The first kappa shape index (κ1) is 18.6. The van der Waals surface area contributed by atoms with Crippen LogP contribution in [0.5, 0.6) is 11.5 Å². The van der Waals surface area contributed by atoms with Crippen LogP contribution >= 0.6 is 11.3 Å². The van der Waals surface area contributed by atoms with Gasteiger partial charge in [0.25, 0.3) is 0 Å². The summed E-state index contributed by atoms with van der Waals surface area (Å²) >= 11 is 1.57. The Morgan fingerprint density at radius 2 is 1.70 bits per heavy atom. The zero-order chi connectivity index (χ0) is 20.6. The van der Waals surface area contributed by atoms with Gasteiger partial charge in [-0.3, -0.25) is 5.10 Å². The second kappa shape index (κ2) is 7.46. The number of rotatable bonds is 5. The van der Waals surface area contributed by atoms with Gasteiger partial charge >= 0.3 is 0 Å². The predicted molar refractivity (Wildman–Crippen MR) is 119 cm³/mol. The second-order valence-electron chi connectivity index (χ2n) is 7.28. The van der Waals surface area contributed by atoms with E-state index in [2.05, 4.69) is 51.6 Å². The molecule has 0 spiro atoms. The number of aromatic nitrogens is 3. The predicted octanol–water partition coefficient (Wildman–Crippen LogP) is 5.11. The van der Waals surface area contributed by atoms with Gasteiger partial charge in [-0.05, 0) is 35.4 Å². The van der Waals surface area contributed by atoms with Crippen molar-refractivity contribution in [2.24, 2.45) is 0 Å². The molecular weight excluding hydrogens is 394 g/mol. The molecule has 0 unspecified atom stereocenters. The Kier molecular flexibility index (Phi) is 4.64. The lowest BCUT2D eigenvalue weighted by Crippen LogP contribution is -2.30. The maximum Gasteiger partial charge on any atom is 0.119 e. The summed E-state index contributed by atoms with van der Waals surface area (Å²) in [5.41, 5.74) is 7.75. The molecule has 2 aromatic heterocycles. The van der Waals surface area contributed by atoms with Gasteiger partial charge in [-0.2, -0.15) is 5.10 Å². The Balaban J connectivity index is 1.68. The SMILES string of the molecule is COc1cccc(C2(c3cccc(OC)c3)C=Cc3c(-c4cscn4)n[nH]c3C2)c1. The lowest BCUT2D eigenvalue weighted by molar-refractivity contribution is 0.411. The summed E-state index contributed by atoms with van der Waals surface area (Å²) < 4.78 is 11.0. The molecule has 0 saturated carbocycles. The normalized spacial score (nSPS) is 14.3. The lowest BCUT2D eigenvalue weighted by atomic mass is 9.68. The fourth-order valence-electron chi connectivity index (χ4n) is 4.15. The second-order valence-corrected chi connectivity index (χ2v) is 8.00. The van der Waals surface area contributed by atoms with Crippen LogP contribution in [0.4, 0.5) is 0 Å². The van der Waals surface area contributed by atoms with Crippen LogP contribution < -0.4 is 9.47 Å². The molecular formula is C24H21N3O2S. The number of hydrogen-bond donors (Lipinski definition) is 1. The van der Waals surface area contributed by atoms with E-state index >= 15 is 0 Å². The van der Waals surface area contributed by atoms with Gasteiger partial charge in [0.05, 0.1) is 19.7 Å². The zero-order valence-corrected chi connectivity index (χ0v) is 17.6. The van der Waals surface area contributed by atoms with E-state index in [0.29, 0.717) is 0 Å². The summed E-state index contributed by atoms with van der Waals surface area (Å²) in [6.07, 6.45) is 5.18. The summed E-state index contributed by atoms with van der Waals surface area (Å²) in [5.74, 6) is 1.67. The van der Waals surface area contributed by atoms with Crippen molar-refractivity contribution < 1.29 is 9.47 Å². The van der Waals surface area contributed by atoms with Crippen molar-refractivity contribution in [3.8, 4) is 22.9 Å². The van der Waals surface area contributed by atoms with Gasteiger partial charge in [0.2, 0.25) is 0 Å². The first-order valence-corrected chi connectivity index (χ1v) is 10.6. The van der Waals surface area contributed by atoms with Crippen LogP contribution in [0.2, 0.25) is 0 Å². The number of methoxy groups -OCH3 is 2. The van der Waals surface area contributed by atoms with Crippen LogP contribution in [-0.2, 0) is 11.8 Å². The van der Waals surface area contributed by atoms with E-state index in [-0.39, 0.29) is 5.41 Å². The summed E-state index contributed by atoms with van der Waals surface area (Å²) in [6.45, 7) is 0. The number of nitrogens with zero attached hydrogens (tertiary/aromatic N) is 2. The summed E-state index contributed by atoms with van der Waals surface area (Å²) in [7, 11) is 3.39. The molecule has 1 aliphatic rings. The van der Waals surface area contributed by atoms with E-state index in [1.165, 1.54) is 0 Å². The van der Waals surface area contributed by atoms with E-state index < -0.39 is 0 Å². The maximum absolute atomic E-state index is 5.52. The van der Waals surface area contributed by atoms with E-state index in [1.807, 2.05) is 35.2 Å². The first-order valence-electron chi connectivity index (χ1n) is 9.67. The third kappa shape index (κ3) is 3.00. The van der Waals surface area contributed by atoms with Gasteiger partial charge in [0, 0.05) is 28.5 Å². The number of aromatic amines is 1. The largest absolute Gasteiger partial charge is 0.497 e. The topological polar surface area (TPSA) is 60.0 Å². The molecule has 4 aromatic rings. The minimum Gasteiger partial charge on any atom is -0.497 e. The molecule has 0 amide bonds. The molecule has 30 heavy (non-hydrogen) atoms. The Morgan fingerprint density at radius 3 is 2.30 bits per heavy atom. The number of thiazole rings is 1. The molecule has 0 saturated heterocycles. The van der Waals surface area contributed by atoms with Crippen LogP contribution in [0.25, 0.3) is 17.5 Å². The van der Waals surface area contributed by atoms with E-state index in [4.69, 9.17) is 9.47 Å². The smallest absolute Gasteiger partial charge is 0.119 e. The number of ether oxygens (including phenoxy) is 2. The van der Waals surface area contributed by atoms with Crippen LogP contribution in [0.1, 0.15) is 22.4 Å². The Labute approximate surface area is 179 Å². The monoisotopic (exact) mass is 415 g/mol. The molecule has 150 valence electrons. The molecule has 2 heterocycles. The molecule has 1 N–H and O–H groups in total. The lowest BCUT2D eigenvalue weighted by Gasteiger charge is -2.35. The number of allylic oxidation sites excluding steroid dienone is 1. The van der Waals surface area contributed by atoms with Crippen molar-refractivity contribution in [3.05, 3.63) is 87.9 Å². The molecule has 0 fully saturated rings. The standard InChI is InChI=1S/C24H21N3O2S/c1-28-18-7-3-5-16(11-18)24(17-6-4-8-19(12-17)29-2)10-9-20-21(13-24)26-27-23(20)22-14-30-15-25-22/h3-12,14-15H,13H2,1-2H3,(H,26,27). The zero-order valence-electron chi connectivity index (χ0n) is 16.8. The van der Waals surface area contributed by atoms with Crippen LogP contribution in [-0.4, -0.2) is 29.4 Å². The van der Waals surface area contributed by atoms with Gasteiger partial charge < -0.3 is 9.47 Å². The van der Waals surface area contributed by atoms with Crippen molar-refractivity contribution in [2.45, 2.75) is 11.8 Å². The van der Waals surface area contributed by atoms with E-state index in [1.54, 1.807) is 25.6 Å². The molecule has 5 nitrogen and oxygen atoms in total. The molecule has 5 rings (SSSR count). The Morgan fingerprint density at radius 1 is 1.00 bits per heavy atom. The third-order valence-corrected chi connectivity index (χ3v) is 6.30. The summed E-state index contributed by atoms with van der Waals surface area (Å²) in [4.78, 5) is 4.43. The van der Waals surface area contributed by atoms with Gasteiger partial charge in [0.1, 0.15) is 22.9 Å². The highest BCUT2D eigenvalue weighted by atomic mass is 32.1. The van der Waals surface area contributed by atoms with E-state index in [9.17, 15) is 0 Å². The highest BCUT2D eigenvalue weighted by molar-refractivity contribution is 7.07. The number of fused-ring (bicyclic) bond motifs is 1. The summed E-state index contributed by atoms with van der Waals surface area (Å²) in [6, 6.07) is 16.5. The highest BCUT2D eigenvalue weighted by Crippen LogP contribution is 2.44. The Hall–Kier alpha value is -3.38. The van der Waals surface area contributed by atoms with Gasteiger partial charge in [-0.25, -0.2) is 4.98 Å². The number of hydrogen-bond acceptors (Lipinski definition) is 5. The number of benzene rings is 2. The quantitative estimate of drug-likeness (QED) is 0.492. The molecule has 2 aromatic carbocycles. The molecule has 6 heteroatoms. The molecule has 1 aliphatic carbocycles. The van der Waals surface area contributed by atoms with Crippen molar-refractivity contribution in [3.63, 3.8) is 0 Å². The number of nitrogens with one attached hydrogen (secondary N) is 1. The van der Waals surface area contributed by atoms with Crippen molar-refractivity contribution in [2.75, 3.05) is 14.2 Å². The van der Waals surface area contributed by atoms with E-state index in [0.717, 1.165) is 51.7 Å². The summed E-state index contributed by atoms with van der Waals surface area (Å²) in [5, 5.41) is 9.87.